The molecule has 0 saturated heterocycles. The topological polar surface area (TPSA) is 0 Å². The molecule has 9 aromatic carbocycles. The van der Waals surface area contributed by atoms with Crippen LogP contribution in [0.4, 0.5) is 0 Å². The third kappa shape index (κ3) is 4.60. The molecule has 0 aliphatic rings. The van der Waals surface area contributed by atoms with Crippen molar-refractivity contribution >= 4 is 88.2 Å². The summed E-state index contributed by atoms with van der Waals surface area (Å²) < 4.78 is 2.91. The van der Waals surface area contributed by atoms with Crippen molar-refractivity contribution in [3.05, 3.63) is 180 Å². The van der Waals surface area contributed by atoms with Gasteiger partial charge in [0.1, 0.15) is 0 Å². The average Bonchev–Trinajstić information content (AvgIpc) is 3.82. The summed E-state index contributed by atoms with van der Waals surface area (Å²) in [4.78, 5) is 0. The van der Waals surface area contributed by atoms with Crippen molar-refractivity contribution in [2.45, 2.75) is 6.92 Å². The van der Waals surface area contributed by atoms with Crippen LogP contribution < -0.4 is 0 Å². The molecule has 2 heteroatoms. The molecule has 0 nitrogen and oxygen atoms in total. The zero-order valence-corrected chi connectivity index (χ0v) is 31.6. The molecule has 2 heterocycles. The zero-order chi connectivity index (χ0) is 35.0. The van der Waals surface area contributed by atoms with Crippen LogP contribution in [0.25, 0.3) is 107 Å². The monoisotopic (exact) mass is 756 g/mol. The van der Waals surface area contributed by atoms with E-state index in [4.69, 9.17) is 0 Å². The first-order chi connectivity index (χ1) is 26.3. The van der Waals surface area contributed by atoms with Gasteiger partial charge in [-0.3, -0.25) is 0 Å². The molecule has 2 aromatic heterocycles. The molecule has 0 unspecified atom stereocenters. The van der Waals surface area contributed by atoms with Crippen LogP contribution in [0.3, 0.4) is 0 Å². The van der Waals surface area contributed by atoms with Gasteiger partial charge in [-0.2, -0.15) is 0 Å². The number of rotatable bonds is 4. The zero-order valence-electron chi connectivity index (χ0n) is 29.1. The Morgan fingerprint density at radius 2 is 0.717 bits per heavy atom. The van der Waals surface area contributed by atoms with Gasteiger partial charge in [-0.25, -0.2) is 0 Å². The summed E-state index contributed by atoms with van der Waals surface area (Å²) >= 11 is 1.98. The minimum absolute atomic E-state index is 0.186. The summed E-state index contributed by atoms with van der Waals surface area (Å²) in [7, 11) is 0. The molecule has 0 saturated carbocycles. The quantitative estimate of drug-likeness (QED) is 0.124. The third-order valence-electron chi connectivity index (χ3n) is 11.1. The van der Waals surface area contributed by atoms with E-state index in [1.807, 2.05) is 0 Å². The van der Waals surface area contributed by atoms with E-state index in [0.717, 1.165) is 0 Å². The Balaban J connectivity index is 1.30. The molecular formula is C51H32SSe. The van der Waals surface area contributed by atoms with Crippen LogP contribution in [0, 0.1) is 6.92 Å². The van der Waals surface area contributed by atoms with Gasteiger partial charge in [0.15, 0.2) is 0 Å². The van der Waals surface area contributed by atoms with Crippen LogP contribution in [0.15, 0.2) is 175 Å². The van der Waals surface area contributed by atoms with Gasteiger partial charge in [-0.15, -0.1) is 0 Å². The van der Waals surface area contributed by atoms with Crippen molar-refractivity contribution < 1.29 is 0 Å². The second-order valence-electron chi connectivity index (χ2n) is 14.0. The molecule has 0 spiro atoms. The summed E-state index contributed by atoms with van der Waals surface area (Å²) in [5, 5.41) is 17.8. The van der Waals surface area contributed by atoms with Crippen molar-refractivity contribution in [1.29, 1.82) is 0 Å². The normalized spacial score (nSPS) is 11.9. The van der Waals surface area contributed by atoms with Crippen LogP contribution in [0.1, 0.15) is 5.56 Å². The molecular weight excluding hydrogens is 724 g/mol. The van der Waals surface area contributed by atoms with Crippen LogP contribution in [-0.2, 0) is 0 Å². The van der Waals surface area contributed by atoms with Crippen LogP contribution in [0.2, 0.25) is 0 Å². The van der Waals surface area contributed by atoms with E-state index in [1.165, 1.54) is 112 Å². The van der Waals surface area contributed by atoms with E-state index in [9.17, 15) is 0 Å². The number of thiophene rings is 1. The van der Waals surface area contributed by atoms with Crippen molar-refractivity contribution in [3.63, 3.8) is 0 Å². The minimum atomic E-state index is 0.186. The van der Waals surface area contributed by atoms with E-state index in [-0.39, 0.29) is 14.5 Å². The van der Waals surface area contributed by atoms with Crippen molar-refractivity contribution in [1.82, 2.24) is 0 Å². The van der Waals surface area contributed by atoms with Crippen molar-refractivity contribution in [2.24, 2.45) is 0 Å². The van der Waals surface area contributed by atoms with Gasteiger partial charge in [0.2, 0.25) is 0 Å². The summed E-state index contributed by atoms with van der Waals surface area (Å²) in [5.74, 6) is 0. The Bertz CT molecular complexity index is 3120. The number of hydrogen-bond donors (Lipinski definition) is 0. The maximum absolute atomic E-state index is 2.39. The summed E-state index contributed by atoms with van der Waals surface area (Å²) in [5.41, 5.74) is 11.9. The molecule has 0 fully saturated rings. The van der Waals surface area contributed by atoms with E-state index in [2.05, 4.69) is 181 Å². The van der Waals surface area contributed by atoms with E-state index >= 15 is 0 Å². The molecule has 0 amide bonds. The molecule has 248 valence electrons. The standard InChI is InChI=1S/C51H32SSe/c1-31-29-52-30-43(31)49-39-23-11-9-21-37(39)48(38-22-10-12-24-40(38)49)42-26-14-28-45-51(42)50-41(25-13-27-44(50)53-45)47-35-19-7-5-17-33(35)46(32-15-3-2-4-16-32)34-18-6-8-20-36(34)47/h2-30H,1H3. The number of hydrogen-bond acceptors (Lipinski definition) is 1. The Kier molecular flexibility index (Phi) is 7.07. The van der Waals surface area contributed by atoms with Gasteiger partial charge in [0, 0.05) is 0 Å². The summed E-state index contributed by atoms with van der Waals surface area (Å²) in [6.07, 6.45) is 0. The van der Waals surface area contributed by atoms with Gasteiger partial charge in [0.05, 0.1) is 0 Å². The first-order valence-electron chi connectivity index (χ1n) is 18.2. The molecule has 0 aliphatic carbocycles. The number of fused-ring (bicyclic) bond motifs is 7. The van der Waals surface area contributed by atoms with Gasteiger partial charge < -0.3 is 0 Å². The predicted molar refractivity (Wildman–Crippen MR) is 233 cm³/mol. The first-order valence-corrected chi connectivity index (χ1v) is 20.8. The molecule has 0 radical (unpaired) electrons. The molecule has 11 aromatic rings. The van der Waals surface area contributed by atoms with E-state index < -0.39 is 0 Å². The van der Waals surface area contributed by atoms with Gasteiger partial charge in [-0.05, 0) is 0 Å². The summed E-state index contributed by atoms with van der Waals surface area (Å²) in [6, 6.07) is 61.3. The molecule has 0 atom stereocenters. The Morgan fingerprint density at radius 1 is 0.340 bits per heavy atom. The van der Waals surface area contributed by atoms with Gasteiger partial charge in [0.25, 0.3) is 0 Å². The van der Waals surface area contributed by atoms with Crippen LogP contribution >= 0.6 is 11.3 Å². The molecule has 0 bridgehead atoms. The Hall–Kier alpha value is -5.76. The fourth-order valence-corrected chi connectivity index (χ4v) is 12.2. The van der Waals surface area contributed by atoms with Gasteiger partial charge >= 0.3 is 320 Å². The fourth-order valence-electron chi connectivity index (χ4n) is 8.94. The van der Waals surface area contributed by atoms with Gasteiger partial charge in [-0.1, -0.05) is 0 Å². The second-order valence-corrected chi connectivity index (χ2v) is 17.0. The van der Waals surface area contributed by atoms with E-state index in [0.29, 0.717) is 0 Å². The van der Waals surface area contributed by atoms with Crippen molar-refractivity contribution in [2.75, 3.05) is 0 Å². The van der Waals surface area contributed by atoms with Crippen LogP contribution in [0.5, 0.6) is 0 Å². The Labute approximate surface area is 318 Å². The summed E-state index contributed by atoms with van der Waals surface area (Å²) in [6.45, 7) is 2.24. The molecule has 0 aliphatic heterocycles. The van der Waals surface area contributed by atoms with Crippen LogP contribution in [-0.4, -0.2) is 14.5 Å². The molecule has 53 heavy (non-hydrogen) atoms. The first kappa shape index (κ1) is 30.8. The number of benzene rings is 9. The maximum atomic E-state index is 2.39. The predicted octanol–water partition coefficient (Wildman–Crippen LogP) is 14.7. The van der Waals surface area contributed by atoms with E-state index in [1.54, 1.807) is 11.3 Å². The Morgan fingerprint density at radius 3 is 1.11 bits per heavy atom. The number of aryl methyl sites for hydroxylation is 1. The molecule has 0 N–H and O–H groups in total. The second kappa shape index (κ2) is 12.2. The molecule has 11 rings (SSSR count). The average molecular weight is 756 g/mol. The third-order valence-corrected chi connectivity index (χ3v) is 14.3. The SMILES string of the molecule is Cc1cscc1-c1c2ccccc2c(-c2cccc3[se]c4cccc(-c5c6ccccc6c(-c6ccccc6)c6ccccc56)c4c23)c2ccccc12. The fraction of sp³-hybridized carbons (Fsp3) is 0.0196. The van der Waals surface area contributed by atoms with Crippen molar-refractivity contribution in [3.8, 4) is 44.5 Å².